The number of hydrogen-bond donors (Lipinski definition) is 1. The number of fused-ring (bicyclic) bond motifs is 1. The van der Waals surface area contributed by atoms with Gasteiger partial charge in [-0.05, 0) is 24.6 Å². The normalized spacial score (nSPS) is 15.6. The van der Waals surface area contributed by atoms with Crippen LogP contribution in [-0.4, -0.2) is 25.4 Å². The predicted molar refractivity (Wildman–Crippen MR) is 69.3 cm³/mol. The summed E-state index contributed by atoms with van der Waals surface area (Å²) in [6.45, 7) is 2.32. The summed E-state index contributed by atoms with van der Waals surface area (Å²) < 4.78 is 4.69. The molecule has 1 N–H and O–H groups in total. The topological polar surface area (TPSA) is 55.4 Å². The molecule has 0 saturated carbocycles. The molecule has 1 heterocycles. The second-order valence-corrected chi connectivity index (χ2v) is 4.68. The number of halogens is 1. The van der Waals surface area contributed by atoms with Gasteiger partial charge in [-0.3, -0.25) is 9.59 Å². The van der Waals surface area contributed by atoms with Gasteiger partial charge in [-0.1, -0.05) is 11.6 Å². The highest BCUT2D eigenvalue weighted by atomic mass is 35.5. The van der Waals surface area contributed by atoms with E-state index in [1.165, 1.54) is 7.11 Å². The van der Waals surface area contributed by atoms with Gasteiger partial charge in [0.1, 0.15) is 0 Å². The van der Waals surface area contributed by atoms with Crippen molar-refractivity contribution in [1.82, 2.24) is 0 Å². The van der Waals surface area contributed by atoms with E-state index in [0.29, 0.717) is 34.8 Å². The number of Topliss-reactive ketones (excluding diaryl/α,β-unsaturated/α-hetero) is 1. The molecule has 1 aromatic rings. The third kappa shape index (κ3) is 2.20. The number of hydrogen-bond acceptors (Lipinski definition) is 4. The van der Waals surface area contributed by atoms with Gasteiger partial charge in [0.2, 0.25) is 0 Å². The second kappa shape index (κ2) is 4.98. The molecule has 0 fully saturated rings. The van der Waals surface area contributed by atoms with Crippen molar-refractivity contribution in [2.45, 2.75) is 19.3 Å². The zero-order valence-corrected chi connectivity index (χ0v) is 11.0. The Kier molecular flexibility index (Phi) is 3.57. The number of ketones is 1. The van der Waals surface area contributed by atoms with Crippen LogP contribution in [0.25, 0.3) is 0 Å². The highest BCUT2D eigenvalue weighted by molar-refractivity contribution is 6.34. The maximum atomic E-state index is 11.8. The van der Waals surface area contributed by atoms with E-state index in [1.807, 2.05) is 0 Å². The van der Waals surface area contributed by atoms with Gasteiger partial charge in [-0.2, -0.15) is 0 Å². The van der Waals surface area contributed by atoms with Crippen molar-refractivity contribution in [2.75, 3.05) is 19.0 Å². The molecule has 0 spiro atoms. The maximum absolute atomic E-state index is 11.8. The number of carbonyl (C=O) groups excluding carboxylic acids is 2. The quantitative estimate of drug-likeness (QED) is 0.837. The van der Waals surface area contributed by atoms with Crippen LogP contribution in [0.3, 0.4) is 0 Å². The molecule has 5 heteroatoms. The minimum Gasteiger partial charge on any atom is -0.469 e. The summed E-state index contributed by atoms with van der Waals surface area (Å²) in [5.41, 5.74) is 1.91. The third-order valence-electron chi connectivity index (χ3n) is 3.12. The SMILES string of the molecule is COC(=O)C(C)c1cc(Cl)c2c(c1)C(=O)CCN2. The number of rotatable bonds is 2. The van der Waals surface area contributed by atoms with E-state index in [1.54, 1.807) is 19.1 Å². The standard InChI is InChI=1S/C13H14ClNO3/c1-7(13(17)18-2)8-5-9-11(16)3-4-15-12(9)10(14)6-8/h5-7,15H,3-4H2,1-2H3. The molecule has 1 unspecified atom stereocenters. The van der Waals surface area contributed by atoms with Crippen LogP contribution in [0.15, 0.2) is 12.1 Å². The first-order valence-electron chi connectivity index (χ1n) is 5.73. The lowest BCUT2D eigenvalue weighted by Crippen LogP contribution is -2.19. The Morgan fingerprint density at radius 1 is 1.50 bits per heavy atom. The van der Waals surface area contributed by atoms with Gasteiger partial charge in [0.25, 0.3) is 0 Å². The van der Waals surface area contributed by atoms with E-state index in [9.17, 15) is 9.59 Å². The van der Waals surface area contributed by atoms with Gasteiger partial charge < -0.3 is 10.1 Å². The predicted octanol–water partition coefficient (Wildman–Crippen LogP) is 2.61. The Morgan fingerprint density at radius 3 is 2.89 bits per heavy atom. The minimum atomic E-state index is -0.437. The van der Waals surface area contributed by atoms with Crippen molar-refractivity contribution < 1.29 is 14.3 Å². The first kappa shape index (κ1) is 12.9. The summed E-state index contributed by atoms with van der Waals surface area (Å²) in [6.07, 6.45) is 0.444. The molecule has 0 saturated heterocycles. The number of esters is 1. The highest BCUT2D eigenvalue weighted by Crippen LogP contribution is 2.34. The van der Waals surface area contributed by atoms with Crippen LogP contribution in [0.2, 0.25) is 5.02 Å². The van der Waals surface area contributed by atoms with Crippen molar-refractivity contribution in [1.29, 1.82) is 0 Å². The van der Waals surface area contributed by atoms with Crippen LogP contribution >= 0.6 is 11.6 Å². The molecule has 1 aliphatic heterocycles. The fourth-order valence-electron chi connectivity index (χ4n) is 2.03. The number of ether oxygens (including phenoxy) is 1. The molecule has 0 aliphatic carbocycles. The third-order valence-corrected chi connectivity index (χ3v) is 3.42. The van der Waals surface area contributed by atoms with Gasteiger partial charge in [-0.25, -0.2) is 0 Å². The first-order chi connectivity index (χ1) is 8.54. The van der Waals surface area contributed by atoms with Crippen molar-refractivity contribution in [2.24, 2.45) is 0 Å². The number of benzene rings is 1. The van der Waals surface area contributed by atoms with Crippen LogP contribution in [0.5, 0.6) is 0 Å². The molecule has 0 radical (unpaired) electrons. The molecule has 96 valence electrons. The van der Waals surface area contributed by atoms with E-state index >= 15 is 0 Å². The molecule has 0 aromatic heterocycles. The Bertz CT molecular complexity index is 513. The van der Waals surface area contributed by atoms with Crippen molar-refractivity contribution in [3.63, 3.8) is 0 Å². The smallest absolute Gasteiger partial charge is 0.312 e. The lowest BCUT2D eigenvalue weighted by atomic mass is 9.94. The molecule has 1 aliphatic rings. The van der Waals surface area contributed by atoms with Crippen molar-refractivity contribution in [3.8, 4) is 0 Å². The largest absolute Gasteiger partial charge is 0.469 e. The lowest BCUT2D eigenvalue weighted by molar-refractivity contribution is -0.141. The molecular formula is C13H14ClNO3. The molecule has 0 bridgehead atoms. The molecule has 18 heavy (non-hydrogen) atoms. The fourth-order valence-corrected chi connectivity index (χ4v) is 2.32. The second-order valence-electron chi connectivity index (χ2n) is 4.27. The fraction of sp³-hybridized carbons (Fsp3) is 0.385. The molecule has 2 rings (SSSR count). The van der Waals surface area contributed by atoms with Crippen molar-refractivity contribution in [3.05, 3.63) is 28.3 Å². The minimum absolute atomic E-state index is 0.0459. The highest BCUT2D eigenvalue weighted by Gasteiger charge is 2.23. The molecule has 1 atom stereocenters. The first-order valence-corrected chi connectivity index (χ1v) is 6.10. The summed E-state index contributed by atoms with van der Waals surface area (Å²) >= 11 is 6.14. The molecule has 4 nitrogen and oxygen atoms in total. The number of methoxy groups -OCH3 is 1. The Morgan fingerprint density at radius 2 is 2.22 bits per heavy atom. The van der Waals surface area contributed by atoms with E-state index < -0.39 is 5.92 Å². The van der Waals surface area contributed by atoms with E-state index in [-0.39, 0.29) is 11.8 Å². The number of anilines is 1. The molecule has 1 aromatic carbocycles. The molecular weight excluding hydrogens is 254 g/mol. The molecule has 0 amide bonds. The van der Waals surface area contributed by atoms with Gasteiger partial charge in [0.15, 0.2) is 5.78 Å². The zero-order valence-electron chi connectivity index (χ0n) is 10.2. The summed E-state index contributed by atoms with van der Waals surface area (Å²) in [6, 6.07) is 3.42. The number of nitrogens with one attached hydrogen (secondary N) is 1. The van der Waals surface area contributed by atoms with E-state index in [0.717, 1.165) is 0 Å². The van der Waals surface area contributed by atoms with Gasteiger partial charge in [-0.15, -0.1) is 0 Å². The Hall–Kier alpha value is -1.55. The summed E-state index contributed by atoms with van der Waals surface area (Å²) in [4.78, 5) is 23.3. The summed E-state index contributed by atoms with van der Waals surface area (Å²) in [7, 11) is 1.34. The summed E-state index contributed by atoms with van der Waals surface area (Å²) in [5.74, 6) is -0.737. The van der Waals surface area contributed by atoms with Gasteiger partial charge in [0, 0.05) is 18.5 Å². The zero-order chi connectivity index (χ0) is 13.3. The van der Waals surface area contributed by atoms with Crippen LogP contribution in [0, 0.1) is 0 Å². The van der Waals surface area contributed by atoms with Crippen LogP contribution < -0.4 is 5.32 Å². The number of carbonyl (C=O) groups is 2. The van der Waals surface area contributed by atoms with Crippen LogP contribution in [0.1, 0.15) is 35.2 Å². The average Bonchev–Trinajstić information content (AvgIpc) is 2.38. The maximum Gasteiger partial charge on any atom is 0.312 e. The van der Waals surface area contributed by atoms with Crippen LogP contribution in [-0.2, 0) is 9.53 Å². The average molecular weight is 268 g/mol. The van der Waals surface area contributed by atoms with Crippen molar-refractivity contribution >= 4 is 29.0 Å². The van der Waals surface area contributed by atoms with Crippen LogP contribution in [0.4, 0.5) is 5.69 Å². The Labute approximate surface area is 110 Å². The van der Waals surface area contributed by atoms with Gasteiger partial charge in [0.05, 0.1) is 23.7 Å². The lowest BCUT2D eigenvalue weighted by Gasteiger charge is -2.20. The Balaban J connectivity index is 2.46. The monoisotopic (exact) mass is 267 g/mol. The van der Waals surface area contributed by atoms with E-state index in [4.69, 9.17) is 16.3 Å². The van der Waals surface area contributed by atoms with E-state index in [2.05, 4.69) is 5.32 Å². The van der Waals surface area contributed by atoms with Gasteiger partial charge >= 0.3 is 5.97 Å². The summed E-state index contributed by atoms with van der Waals surface area (Å²) in [5, 5.41) is 3.57.